The van der Waals surface area contributed by atoms with Crippen LogP contribution in [0.4, 0.5) is 10.2 Å². The minimum absolute atomic E-state index is 0.105. The van der Waals surface area contributed by atoms with Crippen LogP contribution in [0.1, 0.15) is 12.1 Å². The first-order valence-corrected chi connectivity index (χ1v) is 8.13. The highest BCUT2D eigenvalue weighted by atomic mass is 19.1. The van der Waals surface area contributed by atoms with E-state index in [9.17, 15) is 14.0 Å². The molecule has 1 atom stereocenters. The van der Waals surface area contributed by atoms with E-state index in [1.807, 2.05) is 12.1 Å². The molecule has 1 saturated heterocycles. The summed E-state index contributed by atoms with van der Waals surface area (Å²) < 4.78 is 18.5. The molecule has 0 bridgehead atoms. The molecule has 2 aromatic heterocycles. The highest BCUT2D eigenvalue weighted by Gasteiger charge is 2.35. The van der Waals surface area contributed by atoms with Crippen LogP contribution in [-0.2, 0) is 16.1 Å². The number of aromatic nitrogens is 2. The molecule has 2 amide bonds. The van der Waals surface area contributed by atoms with Gasteiger partial charge in [0.2, 0.25) is 11.8 Å². The van der Waals surface area contributed by atoms with Crippen molar-refractivity contribution in [1.82, 2.24) is 15.0 Å². The number of pyridine rings is 1. The maximum atomic E-state index is 13.4. The average molecular weight is 354 g/mol. The number of carbonyl (C=O) groups is 2. The van der Waals surface area contributed by atoms with Crippen molar-refractivity contribution in [3.05, 3.63) is 54.1 Å². The van der Waals surface area contributed by atoms with E-state index in [0.717, 1.165) is 5.69 Å². The Labute approximate surface area is 147 Å². The summed E-state index contributed by atoms with van der Waals surface area (Å²) in [4.78, 5) is 30.5. The van der Waals surface area contributed by atoms with Crippen LogP contribution in [0, 0.1) is 11.7 Å². The van der Waals surface area contributed by atoms with Gasteiger partial charge in [-0.25, -0.2) is 4.39 Å². The lowest BCUT2D eigenvalue weighted by atomic mass is 10.1. The summed E-state index contributed by atoms with van der Waals surface area (Å²) in [6.07, 6.45) is 1.78. The largest absolute Gasteiger partial charge is 0.354 e. The van der Waals surface area contributed by atoms with Gasteiger partial charge in [0.25, 0.3) is 0 Å². The SMILES string of the molecule is O=C(Nc1noc2ccc(F)cc12)C1CC(=O)N(Cc2ccccn2)C1. The number of hydrogen-bond acceptors (Lipinski definition) is 5. The zero-order chi connectivity index (χ0) is 18.1. The molecule has 0 saturated carbocycles. The summed E-state index contributed by atoms with van der Waals surface area (Å²) in [7, 11) is 0. The Morgan fingerprint density at radius 2 is 2.23 bits per heavy atom. The van der Waals surface area contributed by atoms with Gasteiger partial charge in [-0.2, -0.15) is 0 Å². The zero-order valence-electron chi connectivity index (χ0n) is 13.7. The van der Waals surface area contributed by atoms with Crippen LogP contribution in [0.3, 0.4) is 0 Å². The van der Waals surface area contributed by atoms with Crippen molar-refractivity contribution >= 4 is 28.6 Å². The number of rotatable bonds is 4. The third-order valence-corrected chi connectivity index (χ3v) is 4.34. The number of carbonyl (C=O) groups excluding carboxylic acids is 2. The van der Waals surface area contributed by atoms with Crippen LogP contribution in [0.5, 0.6) is 0 Å². The van der Waals surface area contributed by atoms with Crippen molar-refractivity contribution in [3.63, 3.8) is 0 Å². The molecule has 4 rings (SSSR count). The number of halogens is 1. The molecule has 8 heteroatoms. The Bertz CT molecular complexity index is 973. The third-order valence-electron chi connectivity index (χ3n) is 4.34. The van der Waals surface area contributed by atoms with Gasteiger partial charge in [-0.05, 0) is 30.3 Å². The van der Waals surface area contributed by atoms with Gasteiger partial charge in [-0.1, -0.05) is 11.2 Å². The zero-order valence-corrected chi connectivity index (χ0v) is 13.7. The Balaban J connectivity index is 1.45. The quantitative estimate of drug-likeness (QED) is 0.777. The Morgan fingerprint density at radius 3 is 3.04 bits per heavy atom. The second-order valence-corrected chi connectivity index (χ2v) is 6.16. The summed E-state index contributed by atoms with van der Waals surface area (Å²) >= 11 is 0. The normalized spacial score (nSPS) is 17.0. The van der Waals surface area contributed by atoms with Crippen LogP contribution < -0.4 is 5.32 Å². The summed E-state index contributed by atoms with van der Waals surface area (Å²) in [5.41, 5.74) is 1.14. The van der Waals surface area contributed by atoms with Crippen LogP contribution in [-0.4, -0.2) is 33.4 Å². The predicted octanol–water partition coefficient (Wildman–Crippen LogP) is 2.35. The maximum Gasteiger partial charge on any atom is 0.231 e. The number of anilines is 1. The Hall–Kier alpha value is -3.29. The lowest BCUT2D eigenvalue weighted by molar-refractivity contribution is -0.128. The topological polar surface area (TPSA) is 88.3 Å². The molecule has 132 valence electrons. The van der Waals surface area contributed by atoms with E-state index in [1.165, 1.54) is 18.2 Å². The van der Waals surface area contributed by atoms with E-state index in [-0.39, 0.29) is 24.1 Å². The van der Waals surface area contributed by atoms with Gasteiger partial charge < -0.3 is 14.7 Å². The van der Waals surface area contributed by atoms with E-state index >= 15 is 0 Å². The van der Waals surface area contributed by atoms with Crippen LogP contribution >= 0.6 is 0 Å². The number of nitrogens with one attached hydrogen (secondary N) is 1. The molecule has 1 N–H and O–H groups in total. The molecule has 1 aliphatic rings. The second kappa shape index (κ2) is 6.55. The molecule has 1 fully saturated rings. The van der Waals surface area contributed by atoms with Crippen molar-refractivity contribution in [2.75, 3.05) is 11.9 Å². The van der Waals surface area contributed by atoms with Crippen molar-refractivity contribution < 1.29 is 18.5 Å². The number of benzene rings is 1. The number of amides is 2. The average Bonchev–Trinajstić information content (AvgIpc) is 3.20. The molecule has 0 aliphatic carbocycles. The molecule has 0 spiro atoms. The van der Waals surface area contributed by atoms with Gasteiger partial charge in [-0.15, -0.1) is 0 Å². The highest BCUT2D eigenvalue weighted by molar-refractivity contribution is 6.01. The van der Waals surface area contributed by atoms with E-state index in [0.29, 0.717) is 24.1 Å². The minimum atomic E-state index is -0.508. The molecule has 3 heterocycles. The van der Waals surface area contributed by atoms with E-state index < -0.39 is 11.7 Å². The third kappa shape index (κ3) is 3.13. The molecule has 26 heavy (non-hydrogen) atoms. The number of nitrogens with zero attached hydrogens (tertiary/aromatic N) is 3. The molecular weight excluding hydrogens is 339 g/mol. The van der Waals surface area contributed by atoms with Crippen LogP contribution in [0.25, 0.3) is 11.0 Å². The van der Waals surface area contributed by atoms with Crippen LogP contribution in [0.15, 0.2) is 47.1 Å². The van der Waals surface area contributed by atoms with Gasteiger partial charge in [-0.3, -0.25) is 14.6 Å². The van der Waals surface area contributed by atoms with E-state index in [4.69, 9.17) is 4.52 Å². The van der Waals surface area contributed by atoms with Gasteiger partial charge in [0.1, 0.15) is 5.82 Å². The first-order chi connectivity index (χ1) is 12.6. The lowest BCUT2D eigenvalue weighted by Gasteiger charge is -2.15. The molecule has 7 nitrogen and oxygen atoms in total. The maximum absolute atomic E-state index is 13.4. The van der Waals surface area contributed by atoms with Crippen molar-refractivity contribution in [3.8, 4) is 0 Å². The van der Waals surface area contributed by atoms with E-state index in [2.05, 4.69) is 15.5 Å². The highest BCUT2D eigenvalue weighted by Crippen LogP contribution is 2.26. The number of hydrogen-bond donors (Lipinski definition) is 1. The number of fused-ring (bicyclic) bond motifs is 1. The van der Waals surface area contributed by atoms with Gasteiger partial charge >= 0.3 is 0 Å². The number of likely N-dealkylation sites (tertiary alicyclic amines) is 1. The molecule has 1 aliphatic heterocycles. The minimum Gasteiger partial charge on any atom is -0.354 e. The standard InChI is InChI=1S/C18H15FN4O3/c19-12-4-5-15-14(8-12)17(22-26-15)21-18(25)11-7-16(24)23(9-11)10-13-3-1-2-6-20-13/h1-6,8,11H,7,9-10H2,(H,21,22,25). The fourth-order valence-corrected chi connectivity index (χ4v) is 3.01. The van der Waals surface area contributed by atoms with E-state index in [1.54, 1.807) is 17.2 Å². The van der Waals surface area contributed by atoms with Crippen molar-refractivity contribution in [1.29, 1.82) is 0 Å². The summed E-state index contributed by atoms with van der Waals surface area (Å²) in [5.74, 6) is -1.26. The van der Waals surface area contributed by atoms with Crippen molar-refractivity contribution in [2.24, 2.45) is 5.92 Å². The van der Waals surface area contributed by atoms with Crippen molar-refractivity contribution in [2.45, 2.75) is 13.0 Å². The Kier molecular flexibility index (Phi) is 4.08. The molecule has 1 unspecified atom stereocenters. The molecule has 1 aromatic carbocycles. The van der Waals surface area contributed by atoms with Gasteiger partial charge in [0.15, 0.2) is 11.4 Å². The smallest absolute Gasteiger partial charge is 0.231 e. The van der Waals surface area contributed by atoms with Crippen LogP contribution in [0.2, 0.25) is 0 Å². The summed E-state index contributed by atoms with van der Waals surface area (Å²) in [6.45, 7) is 0.660. The summed E-state index contributed by atoms with van der Waals surface area (Å²) in [6, 6.07) is 9.43. The predicted molar refractivity (Wildman–Crippen MR) is 90.4 cm³/mol. The fourth-order valence-electron chi connectivity index (χ4n) is 3.01. The first kappa shape index (κ1) is 16.2. The first-order valence-electron chi connectivity index (χ1n) is 8.13. The second-order valence-electron chi connectivity index (χ2n) is 6.16. The van der Waals surface area contributed by atoms with Gasteiger partial charge in [0.05, 0.1) is 23.5 Å². The Morgan fingerprint density at radius 1 is 1.35 bits per heavy atom. The summed E-state index contributed by atoms with van der Waals surface area (Å²) in [5, 5.41) is 6.79. The molecule has 0 radical (unpaired) electrons. The fraction of sp³-hybridized carbons (Fsp3) is 0.222. The monoisotopic (exact) mass is 354 g/mol. The van der Waals surface area contributed by atoms with Gasteiger partial charge in [0, 0.05) is 19.2 Å². The lowest BCUT2D eigenvalue weighted by Crippen LogP contribution is -2.28. The molecule has 3 aromatic rings. The molecular formula is C18H15FN4O3.